The van der Waals surface area contributed by atoms with Gasteiger partial charge in [0.25, 0.3) is 11.8 Å². The van der Waals surface area contributed by atoms with Gasteiger partial charge >= 0.3 is 0 Å². The number of nitrogens with one attached hydrogen (secondary N) is 2. The maximum atomic E-state index is 12.3. The number of benzene rings is 3. The summed E-state index contributed by atoms with van der Waals surface area (Å²) in [5, 5.41) is 8.22. The highest BCUT2D eigenvalue weighted by Gasteiger charge is 2.09. The van der Waals surface area contributed by atoms with E-state index in [0.717, 1.165) is 11.1 Å². The van der Waals surface area contributed by atoms with Crippen LogP contribution >= 0.6 is 0 Å². The zero-order valence-electron chi connectivity index (χ0n) is 17.8. The Morgan fingerprint density at radius 3 is 1.16 bits per heavy atom. The zero-order chi connectivity index (χ0) is 23.1. The van der Waals surface area contributed by atoms with Crippen LogP contribution in [0.3, 0.4) is 0 Å². The molecule has 162 valence electrons. The summed E-state index contributed by atoms with van der Waals surface area (Å²) in [5.41, 5.74) is 21.4. The van der Waals surface area contributed by atoms with Gasteiger partial charge in [0.05, 0.1) is 11.4 Å². The third kappa shape index (κ3) is 5.79. The number of carbonyl (C=O) groups is 2. The molecule has 0 bridgehead atoms. The minimum absolute atomic E-state index is 0.372. The van der Waals surface area contributed by atoms with Crippen molar-refractivity contribution in [3.05, 3.63) is 95.1 Å². The highest BCUT2D eigenvalue weighted by molar-refractivity contribution is 6.02. The molecule has 8 nitrogen and oxygen atoms in total. The molecule has 0 atom stereocenters. The van der Waals surface area contributed by atoms with Crippen molar-refractivity contribution in [2.45, 2.75) is 13.8 Å². The lowest BCUT2D eigenvalue weighted by atomic mass is 10.1. The molecule has 3 aromatic carbocycles. The number of anilines is 2. The Kier molecular flexibility index (Phi) is 6.97. The third-order valence-electron chi connectivity index (χ3n) is 4.72. The monoisotopic (exact) mass is 428 g/mol. The standard InChI is InChI=1S/C24H24N6O2/c1-15(17-7-11-21(25)12-8-17)27-29-23(31)19-3-5-20(6-4-19)24(32)30-28-16(2)18-9-13-22(26)14-10-18/h3-14H,25-26H2,1-2H3,(H,29,31)(H,30,32)/b27-15+,28-16+. The van der Waals surface area contributed by atoms with E-state index in [-0.39, 0.29) is 11.8 Å². The van der Waals surface area contributed by atoms with E-state index in [1.165, 1.54) is 0 Å². The van der Waals surface area contributed by atoms with Gasteiger partial charge in [-0.05, 0) is 73.5 Å². The lowest BCUT2D eigenvalue weighted by molar-refractivity contribution is 0.0943. The molecule has 32 heavy (non-hydrogen) atoms. The predicted molar refractivity (Wildman–Crippen MR) is 128 cm³/mol. The Bertz CT molecular complexity index is 1070. The molecule has 0 radical (unpaired) electrons. The van der Waals surface area contributed by atoms with Crippen molar-refractivity contribution in [1.29, 1.82) is 0 Å². The molecule has 0 aliphatic heterocycles. The van der Waals surface area contributed by atoms with Gasteiger partial charge in [0.15, 0.2) is 0 Å². The molecular weight excluding hydrogens is 404 g/mol. The topological polar surface area (TPSA) is 135 Å². The van der Waals surface area contributed by atoms with Crippen LogP contribution in [0.5, 0.6) is 0 Å². The number of nitrogens with zero attached hydrogens (tertiary/aromatic N) is 2. The fourth-order valence-corrected chi connectivity index (χ4v) is 2.75. The number of hydrogen-bond acceptors (Lipinski definition) is 6. The molecule has 0 aliphatic carbocycles. The summed E-state index contributed by atoms with van der Waals surface area (Å²) >= 11 is 0. The van der Waals surface area contributed by atoms with E-state index in [4.69, 9.17) is 11.5 Å². The van der Waals surface area contributed by atoms with Gasteiger partial charge in [0.1, 0.15) is 0 Å². The fraction of sp³-hybridized carbons (Fsp3) is 0.0833. The normalized spacial score (nSPS) is 11.7. The average Bonchev–Trinajstić information content (AvgIpc) is 2.81. The lowest BCUT2D eigenvalue weighted by Crippen LogP contribution is -2.21. The van der Waals surface area contributed by atoms with Crippen LogP contribution in [0.25, 0.3) is 0 Å². The molecular formula is C24H24N6O2. The van der Waals surface area contributed by atoms with Crippen molar-refractivity contribution >= 4 is 34.6 Å². The van der Waals surface area contributed by atoms with Crippen LogP contribution in [0.1, 0.15) is 45.7 Å². The molecule has 0 fully saturated rings. The van der Waals surface area contributed by atoms with Crippen LogP contribution in [0.4, 0.5) is 11.4 Å². The molecule has 2 amide bonds. The first-order valence-electron chi connectivity index (χ1n) is 9.84. The molecule has 0 aliphatic rings. The molecule has 0 aromatic heterocycles. The summed E-state index contributed by atoms with van der Waals surface area (Å²) in [6, 6.07) is 20.6. The second-order valence-electron chi connectivity index (χ2n) is 7.10. The van der Waals surface area contributed by atoms with Gasteiger partial charge in [-0.1, -0.05) is 24.3 Å². The largest absolute Gasteiger partial charge is 0.399 e. The quantitative estimate of drug-likeness (QED) is 0.272. The van der Waals surface area contributed by atoms with Crippen molar-refractivity contribution in [2.75, 3.05) is 11.5 Å². The summed E-state index contributed by atoms with van der Waals surface area (Å²) in [6.45, 7) is 3.57. The average molecular weight is 428 g/mol. The number of carbonyl (C=O) groups excluding carboxylic acids is 2. The fourth-order valence-electron chi connectivity index (χ4n) is 2.75. The molecule has 6 N–H and O–H groups in total. The number of nitrogens with two attached hydrogens (primary N) is 2. The van der Waals surface area contributed by atoms with Gasteiger partial charge in [-0.25, -0.2) is 10.9 Å². The minimum atomic E-state index is -0.385. The number of hydrazone groups is 2. The summed E-state index contributed by atoms with van der Waals surface area (Å²) in [4.78, 5) is 24.7. The Morgan fingerprint density at radius 2 is 0.844 bits per heavy atom. The van der Waals surface area contributed by atoms with E-state index < -0.39 is 0 Å². The predicted octanol–water partition coefficient (Wildman–Crippen LogP) is 3.16. The number of rotatable bonds is 6. The molecule has 0 saturated heterocycles. The van der Waals surface area contributed by atoms with Gasteiger partial charge in [-0.2, -0.15) is 10.2 Å². The Balaban J connectivity index is 1.59. The molecule has 3 rings (SSSR count). The van der Waals surface area contributed by atoms with Gasteiger partial charge in [-0.3, -0.25) is 9.59 Å². The Morgan fingerprint density at radius 1 is 0.562 bits per heavy atom. The first kappa shape index (κ1) is 22.2. The SMILES string of the molecule is C/C(=N\NC(=O)c1ccc(C(=O)N/N=C(\C)c2ccc(N)cc2)cc1)c1ccc(N)cc1. The van der Waals surface area contributed by atoms with Crippen molar-refractivity contribution in [2.24, 2.45) is 10.2 Å². The molecule has 3 aromatic rings. The highest BCUT2D eigenvalue weighted by atomic mass is 16.2. The van der Waals surface area contributed by atoms with Gasteiger partial charge < -0.3 is 11.5 Å². The zero-order valence-corrected chi connectivity index (χ0v) is 17.8. The smallest absolute Gasteiger partial charge is 0.271 e. The summed E-state index contributed by atoms with van der Waals surface area (Å²) in [5.74, 6) is -0.770. The van der Waals surface area contributed by atoms with E-state index >= 15 is 0 Å². The van der Waals surface area contributed by atoms with Crippen LogP contribution in [0.15, 0.2) is 83.0 Å². The Labute approximate surface area is 186 Å². The summed E-state index contributed by atoms with van der Waals surface area (Å²) in [6.07, 6.45) is 0. The van der Waals surface area contributed by atoms with E-state index in [0.29, 0.717) is 33.9 Å². The van der Waals surface area contributed by atoms with Crippen molar-refractivity contribution < 1.29 is 9.59 Å². The second kappa shape index (κ2) is 10.0. The van der Waals surface area contributed by atoms with Crippen LogP contribution in [-0.4, -0.2) is 23.2 Å². The van der Waals surface area contributed by atoms with Crippen molar-refractivity contribution in [1.82, 2.24) is 10.9 Å². The van der Waals surface area contributed by atoms with Crippen LogP contribution in [0, 0.1) is 0 Å². The van der Waals surface area contributed by atoms with Gasteiger partial charge in [0, 0.05) is 22.5 Å². The maximum absolute atomic E-state index is 12.3. The van der Waals surface area contributed by atoms with Gasteiger partial charge in [-0.15, -0.1) is 0 Å². The van der Waals surface area contributed by atoms with Crippen LogP contribution < -0.4 is 22.3 Å². The summed E-state index contributed by atoms with van der Waals surface area (Å²) < 4.78 is 0. The van der Waals surface area contributed by atoms with Crippen molar-refractivity contribution in [3.8, 4) is 0 Å². The first-order chi connectivity index (χ1) is 15.3. The molecule has 8 heteroatoms. The highest BCUT2D eigenvalue weighted by Crippen LogP contribution is 2.09. The number of amides is 2. The van der Waals surface area contributed by atoms with Crippen LogP contribution in [0.2, 0.25) is 0 Å². The Hall–Kier alpha value is -4.46. The first-order valence-corrected chi connectivity index (χ1v) is 9.84. The molecule has 0 spiro atoms. The van der Waals surface area contributed by atoms with Gasteiger partial charge in [0.2, 0.25) is 0 Å². The number of hydrogen-bond donors (Lipinski definition) is 4. The third-order valence-corrected chi connectivity index (χ3v) is 4.72. The van der Waals surface area contributed by atoms with E-state index in [9.17, 15) is 9.59 Å². The van der Waals surface area contributed by atoms with Crippen molar-refractivity contribution in [3.63, 3.8) is 0 Å². The second-order valence-corrected chi connectivity index (χ2v) is 7.10. The maximum Gasteiger partial charge on any atom is 0.271 e. The van der Waals surface area contributed by atoms with E-state index in [1.54, 1.807) is 62.4 Å². The van der Waals surface area contributed by atoms with E-state index in [2.05, 4.69) is 21.1 Å². The molecule has 0 saturated carbocycles. The molecule has 0 heterocycles. The summed E-state index contributed by atoms with van der Waals surface area (Å²) in [7, 11) is 0. The lowest BCUT2D eigenvalue weighted by Gasteiger charge is -2.06. The van der Waals surface area contributed by atoms with Crippen LogP contribution in [-0.2, 0) is 0 Å². The minimum Gasteiger partial charge on any atom is -0.399 e. The number of nitrogen functional groups attached to an aromatic ring is 2. The molecule has 0 unspecified atom stereocenters. The van der Waals surface area contributed by atoms with E-state index in [1.807, 2.05) is 24.3 Å².